The number of carboxylic acid groups (broad SMARTS) is 1. The largest absolute Gasteiger partial charge is 0.480 e. The fraction of sp³-hybridized carbons (Fsp3) is 0.429. The average molecular weight is 325 g/mol. The molecule has 120 valence electrons. The van der Waals surface area contributed by atoms with Gasteiger partial charge in [-0.3, -0.25) is 4.79 Å². The second-order valence-corrected chi connectivity index (χ2v) is 6.49. The molecule has 2 atom stereocenters. The Balaban J connectivity index is 3.01. The molecule has 22 heavy (non-hydrogen) atoms. The topological polar surface area (TPSA) is 111 Å². The summed E-state index contributed by atoms with van der Waals surface area (Å²) >= 11 is 0. The van der Waals surface area contributed by atoms with Crippen LogP contribution in [0.5, 0.6) is 0 Å². The Bertz CT molecular complexity index is 640. The lowest BCUT2D eigenvalue weighted by molar-refractivity contribution is -0.139. The molecule has 0 bridgehead atoms. The van der Waals surface area contributed by atoms with Gasteiger partial charge >= 0.3 is 5.97 Å². The summed E-state index contributed by atoms with van der Waals surface area (Å²) in [6, 6.07) is 8.64. The maximum Gasteiger partial charge on any atom is 0.326 e. The Morgan fingerprint density at radius 1 is 1.41 bits per heavy atom. The molecule has 1 rings (SSSR count). The summed E-state index contributed by atoms with van der Waals surface area (Å²) in [6.45, 7) is 3.37. The molecule has 0 fully saturated rings. The van der Waals surface area contributed by atoms with Crippen LogP contribution in [0.25, 0.3) is 0 Å². The number of carboxylic acids is 1. The molecule has 1 unspecified atom stereocenters. The molecule has 1 aromatic rings. The molecule has 0 aliphatic heterocycles. The van der Waals surface area contributed by atoms with Gasteiger partial charge in [0, 0.05) is 13.1 Å². The number of nitrogens with zero attached hydrogens (tertiary/aromatic N) is 2. The molecule has 0 spiro atoms. The van der Waals surface area contributed by atoms with E-state index in [1.807, 2.05) is 6.07 Å². The summed E-state index contributed by atoms with van der Waals surface area (Å²) < 4.78 is 27.9. The SMILES string of the molecule is CCN(CC(C)C#N)S(=O)(=O)N[C@H](C(=O)O)c1ccccc1. The fourth-order valence-electron chi connectivity index (χ4n) is 1.87. The van der Waals surface area contributed by atoms with Crippen LogP contribution in [0, 0.1) is 17.2 Å². The predicted octanol–water partition coefficient (Wildman–Crippen LogP) is 1.13. The van der Waals surface area contributed by atoms with Gasteiger partial charge in [0.1, 0.15) is 6.04 Å². The summed E-state index contributed by atoms with van der Waals surface area (Å²) in [5.74, 6) is -1.78. The van der Waals surface area contributed by atoms with Crippen molar-refractivity contribution < 1.29 is 18.3 Å². The van der Waals surface area contributed by atoms with Crippen LogP contribution in [-0.4, -0.2) is 36.9 Å². The summed E-state index contributed by atoms with van der Waals surface area (Å²) in [5.41, 5.74) is 0.336. The van der Waals surface area contributed by atoms with Gasteiger partial charge in [-0.05, 0) is 12.5 Å². The number of carbonyl (C=O) groups is 1. The van der Waals surface area contributed by atoms with E-state index in [1.165, 1.54) is 12.1 Å². The number of hydrogen-bond acceptors (Lipinski definition) is 4. The van der Waals surface area contributed by atoms with Gasteiger partial charge in [-0.15, -0.1) is 0 Å². The zero-order valence-electron chi connectivity index (χ0n) is 12.4. The van der Waals surface area contributed by atoms with Crippen LogP contribution in [0.1, 0.15) is 25.5 Å². The van der Waals surface area contributed by atoms with Gasteiger partial charge < -0.3 is 5.11 Å². The van der Waals surface area contributed by atoms with Crippen molar-refractivity contribution in [3.8, 4) is 6.07 Å². The van der Waals surface area contributed by atoms with Crippen LogP contribution in [0.15, 0.2) is 30.3 Å². The van der Waals surface area contributed by atoms with E-state index < -0.39 is 28.1 Å². The molecule has 0 saturated heterocycles. The van der Waals surface area contributed by atoms with Gasteiger partial charge in [0.25, 0.3) is 10.2 Å². The van der Waals surface area contributed by atoms with Crippen molar-refractivity contribution in [2.75, 3.05) is 13.1 Å². The normalized spacial score (nSPS) is 14.3. The van der Waals surface area contributed by atoms with Crippen molar-refractivity contribution in [3.63, 3.8) is 0 Å². The van der Waals surface area contributed by atoms with Crippen molar-refractivity contribution >= 4 is 16.2 Å². The Morgan fingerprint density at radius 2 is 2.00 bits per heavy atom. The Hall–Kier alpha value is -1.95. The highest BCUT2D eigenvalue weighted by Crippen LogP contribution is 2.16. The van der Waals surface area contributed by atoms with E-state index in [0.717, 1.165) is 4.31 Å². The van der Waals surface area contributed by atoms with E-state index in [1.54, 1.807) is 32.0 Å². The van der Waals surface area contributed by atoms with E-state index >= 15 is 0 Å². The van der Waals surface area contributed by atoms with E-state index in [9.17, 15) is 18.3 Å². The molecule has 0 radical (unpaired) electrons. The molecular formula is C14H19N3O4S. The maximum atomic E-state index is 12.3. The Morgan fingerprint density at radius 3 is 2.45 bits per heavy atom. The first-order chi connectivity index (χ1) is 10.3. The average Bonchev–Trinajstić information content (AvgIpc) is 2.50. The molecule has 0 heterocycles. The third kappa shape index (κ3) is 4.80. The third-order valence-corrected chi connectivity index (χ3v) is 4.66. The van der Waals surface area contributed by atoms with Gasteiger partial charge in [-0.1, -0.05) is 37.3 Å². The predicted molar refractivity (Wildman–Crippen MR) is 80.9 cm³/mol. The first-order valence-corrected chi connectivity index (χ1v) is 8.20. The van der Waals surface area contributed by atoms with Crippen LogP contribution in [0.4, 0.5) is 0 Å². The molecule has 0 amide bonds. The second-order valence-electron chi connectivity index (χ2n) is 4.79. The third-order valence-electron chi connectivity index (χ3n) is 3.04. The smallest absolute Gasteiger partial charge is 0.326 e. The van der Waals surface area contributed by atoms with Crippen molar-refractivity contribution in [3.05, 3.63) is 35.9 Å². The number of nitriles is 1. The first-order valence-electron chi connectivity index (χ1n) is 6.76. The molecule has 0 aliphatic carbocycles. The van der Waals surface area contributed by atoms with E-state index in [2.05, 4.69) is 4.72 Å². The zero-order valence-corrected chi connectivity index (χ0v) is 13.2. The number of benzene rings is 1. The lowest BCUT2D eigenvalue weighted by atomic mass is 10.1. The minimum absolute atomic E-state index is 0.00343. The van der Waals surface area contributed by atoms with Gasteiger partial charge in [0.2, 0.25) is 0 Å². The summed E-state index contributed by atoms with van der Waals surface area (Å²) in [5, 5.41) is 18.1. The minimum Gasteiger partial charge on any atom is -0.480 e. The Kier molecular flexibility index (Phi) is 6.49. The minimum atomic E-state index is -4.02. The van der Waals surface area contributed by atoms with Crippen molar-refractivity contribution in [1.29, 1.82) is 5.26 Å². The van der Waals surface area contributed by atoms with Gasteiger partial charge in [0.05, 0.1) is 12.0 Å². The second kappa shape index (κ2) is 7.89. The van der Waals surface area contributed by atoms with Crippen molar-refractivity contribution in [2.45, 2.75) is 19.9 Å². The van der Waals surface area contributed by atoms with E-state index in [4.69, 9.17) is 5.26 Å². The Labute approximate surface area is 130 Å². The molecule has 0 aliphatic rings. The highest BCUT2D eigenvalue weighted by atomic mass is 32.2. The summed E-state index contributed by atoms with van der Waals surface area (Å²) in [7, 11) is -4.02. The van der Waals surface area contributed by atoms with E-state index in [0.29, 0.717) is 5.56 Å². The van der Waals surface area contributed by atoms with E-state index in [-0.39, 0.29) is 13.1 Å². The molecule has 1 aromatic carbocycles. The molecule has 8 heteroatoms. The molecule has 2 N–H and O–H groups in total. The number of nitrogens with one attached hydrogen (secondary N) is 1. The molecule has 0 saturated carbocycles. The highest BCUT2D eigenvalue weighted by molar-refractivity contribution is 7.87. The fourth-order valence-corrected chi connectivity index (χ4v) is 3.32. The zero-order chi connectivity index (χ0) is 16.8. The summed E-state index contributed by atoms with van der Waals surface area (Å²) in [4.78, 5) is 11.4. The lowest BCUT2D eigenvalue weighted by Crippen LogP contribution is -2.45. The van der Waals surface area contributed by atoms with Crippen molar-refractivity contribution in [2.24, 2.45) is 5.92 Å². The number of aliphatic carboxylic acids is 1. The number of rotatable bonds is 8. The first kappa shape index (κ1) is 18.1. The summed E-state index contributed by atoms with van der Waals surface area (Å²) in [6.07, 6.45) is 0. The quantitative estimate of drug-likeness (QED) is 0.744. The van der Waals surface area contributed by atoms with Crippen LogP contribution < -0.4 is 4.72 Å². The standard InChI is InChI=1S/C14H19N3O4S/c1-3-17(10-11(2)9-15)22(20,21)16-13(14(18)19)12-7-5-4-6-8-12/h4-8,11,13,16H,3,10H2,1-2H3,(H,18,19)/t11?,13-/m0/s1. The lowest BCUT2D eigenvalue weighted by Gasteiger charge is -2.24. The number of hydrogen-bond donors (Lipinski definition) is 2. The van der Waals surface area contributed by atoms with Crippen LogP contribution >= 0.6 is 0 Å². The highest BCUT2D eigenvalue weighted by Gasteiger charge is 2.30. The van der Waals surface area contributed by atoms with Gasteiger partial charge in [-0.25, -0.2) is 0 Å². The maximum absolute atomic E-state index is 12.3. The van der Waals surface area contributed by atoms with Gasteiger partial charge in [0.15, 0.2) is 0 Å². The molecule has 0 aromatic heterocycles. The van der Waals surface area contributed by atoms with Crippen LogP contribution in [0.3, 0.4) is 0 Å². The molecular weight excluding hydrogens is 306 g/mol. The monoisotopic (exact) mass is 325 g/mol. The molecule has 7 nitrogen and oxygen atoms in total. The van der Waals surface area contributed by atoms with Crippen LogP contribution in [0.2, 0.25) is 0 Å². The van der Waals surface area contributed by atoms with Crippen LogP contribution in [-0.2, 0) is 15.0 Å². The van der Waals surface area contributed by atoms with Gasteiger partial charge in [-0.2, -0.15) is 22.7 Å². The van der Waals surface area contributed by atoms with Crippen molar-refractivity contribution in [1.82, 2.24) is 9.03 Å².